The predicted molar refractivity (Wildman–Crippen MR) is 62.8 cm³/mol. The van der Waals surface area contributed by atoms with Gasteiger partial charge in [-0.1, -0.05) is 26.2 Å². The summed E-state index contributed by atoms with van der Waals surface area (Å²) in [5.74, 6) is 0. The fraction of sp³-hybridized carbons (Fsp3) is 0.500. The molecule has 0 aliphatic carbocycles. The van der Waals surface area contributed by atoms with Crippen LogP contribution in [-0.4, -0.2) is 17.5 Å². The average Bonchev–Trinajstić information content (AvgIpc) is 2.29. The Morgan fingerprint density at radius 3 is 3.00 bits per heavy atom. The van der Waals surface area contributed by atoms with Gasteiger partial charge in [0.2, 0.25) is 0 Å². The van der Waals surface area contributed by atoms with E-state index in [9.17, 15) is 0 Å². The third-order valence-corrected chi connectivity index (χ3v) is 2.02. The molecule has 3 nitrogen and oxygen atoms in total. The highest BCUT2D eigenvalue weighted by atomic mass is 14.8. The second-order valence-electron chi connectivity index (χ2n) is 3.37. The van der Waals surface area contributed by atoms with E-state index in [4.69, 9.17) is 0 Å². The number of nitrogens with zero attached hydrogens (tertiary/aromatic N) is 3. The number of unbranched alkanes of at least 4 members (excludes halogenated alkanes) is 3. The van der Waals surface area contributed by atoms with Crippen molar-refractivity contribution in [3.8, 4) is 0 Å². The number of rotatable bonds is 6. The first-order valence-electron chi connectivity index (χ1n) is 5.45. The quantitative estimate of drug-likeness (QED) is 0.515. The van der Waals surface area contributed by atoms with Crippen LogP contribution >= 0.6 is 0 Å². The van der Waals surface area contributed by atoms with Gasteiger partial charge in [-0.3, -0.25) is 4.98 Å². The van der Waals surface area contributed by atoms with Crippen LogP contribution in [-0.2, 0) is 0 Å². The van der Waals surface area contributed by atoms with E-state index in [1.807, 2.05) is 12.1 Å². The molecule has 0 fully saturated rings. The fourth-order valence-electron chi connectivity index (χ4n) is 1.18. The molecule has 0 atom stereocenters. The van der Waals surface area contributed by atoms with E-state index in [1.165, 1.54) is 19.3 Å². The first-order valence-corrected chi connectivity index (χ1v) is 5.45. The maximum absolute atomic E-state index is 4.09. The molecule has 0 amide bonds. The molecule has 0 saturated heterocycles. The van der Waals surface area contributed by atoms with Gasteiger partial charge in [-0.05, 0) is 18.6 Å². The minimum absolute atomic E-state index is 0.801. The Bertz CT molecular complexity index is 313. The van der Waals surface area contributed by atoms with Gasteiger partial charge in [0, 0.05) is 12.7 Å². The van der Waals surface area contributed by atoms with Crippen LogP contribution in [0.2, 0.25) is 0 Å². The Hall–Kier alpha value is -1.47. The predicted octanol–water partition coefficient (Wildman–Crippen LogP) is 3.47. The van der Waals surface area contributed by atoms with Gasteiger partial charge in [0.1, 0.15) is 0 Å². The number of pyridine rings is 1. The summed E-state index contributed by atoms with van der Waals surface area (Å²) in [7, 11) is 0. The zero-order chi connectivity index (χ0) is 10.8. The van der Waals surface area contributed by atoms with Gasteiger partial charge in [0.15, 0.2) is 0 Å². The summed E-state index contributed by atoms with van der Waals surface area (Å²) < 4.78 is 0. The molecule has 0 aromatic carbocycles. The molecule has 0 saturated carbocycles. The molecule has 80 valence electrons. The summed E-state index contributed by atoms with van der Waals surface area (Å²) in [5, 5.41) is 0. The zero-order valence-electron chi connectivity index (χ0n) is 9.19. The molecule has 1 aromatic rings. The van der Waals surface area contributed by atoms with Crippen LogP contribution in [0, 0.1) is 0 Å². The minimum Gasteiger partial charge on any atom is -0.262 e. The van der Waals surface area contributed by atoms with Crippen molar-refractivity contribution in [3.05, 3.63) is 24.5 Å². The summed E-state index contributed by atoms with van der Waals surface area (Å²) in [6.45, 7) is 3.02. The molecule has 1 aromatic heterocycles. The van der Waals surface area contributed by atoms with E-state index in [0.717, 1.165) is 18.7 Å². The lowest BCUT2D eigenvalue weighted by atomic mass is 10.2. The molecule has 0 aliphatic rings. The van der Waals surface area contributed by atoms with Crippen LogP contribution in [0.4, 0.5) is 5.69 Å². The number of aromatic nitrogens is 1. The van der Waals surface area contributed by atoms with Crippen LogP contribution in [0.5, 0.6) is 0 Å². The molecule has 0 unspecified atom stereocenters. The summed E-state index contributed by atoms with van der Waals surface area (Å²) in [6.07, 6.45) is 8.33. The largest absolute Gasteiger partial charge is 0.262 e. The summed E-state index contributed by atoms with van der Waals surface area (Å²) in [4.78, 5) is 12.1. The van der Waals surface area contributed by atoms with Gasteiger partial charge in [0.05, 0.1) is 17.9 Å². The lowest BCUT2D eigenvalue weighted by Crippen LogP contribution is -1.80. The highest BCUT2D eigenvalue weighted by Gasteiger charge is 1.85. The first-order chi connectivity index (χ1) is 7.43. The highest BCUT2D eigenvalue weighted by molar-refractivity contribution is 5.50. The van der Waals surface area contributed by atoms with Crippen molar-refractivity contribution >= 4 is 11.7 Å². The molecule has 0 spiro atoms. The van der Waals surface area contributed by atoms with E-state index in [-0.39, 0.29) is 0 Å². The van der Waals surface area contributed by atoms with Gasteiger partial charge in [-0.15, -0.1) is 0 Å². The van der Waals surface area contributed by atoms with Crippen LogP contribution in [0.3, 0.4) is 0 Å². The maximum Gasteiger partial charge on any atom is 0.0949 e. The Kier molecular flexibility index (Phi) is 6.10. The van der Waals surface area contributed by atoms with Crippen LogP contribution in [0.25, 0.3) is 0 Å². The second-order valence-corrected chi connectivity index (χ2v) is 3.37. The van der Waals surface area contributed by atoms with Crippen molar-refractivity contribution in [2.45, 2.75) is 32.6 Å². The molecule has 1 rings (SSSR count). The number of aliphatic imine (C=N–C) groups is 2. The molecular formula is C12H17N3. The van der Waals surface area contributed by atoms with E-state index in [1.54, 1.807) is 12.4 Å². The van der Waals surface area contributed by atoms with Gasteiger partial charge in [-0.2, -0.15) is 4.99 Å². The molecule has 3 heteroatoms. The third kappa shape index (κ3) is 5.76. The molecule has 0 radical (unpaired) electrons. The Morgan fingerprint density at radius 2 is 2.27 bits per heavy atom. The maximum atomic E-state index is 4.09. The van der Waals surface area contributed by atoms with Crippen molar-refractivity contribution in [1.82, 2.24) is 4.98 Å². The topological polar surface area (TPSA) is 37.6 Å². The lowest BCUT2D eigenvalue weighted by Gasteiger charge is -1.91. The van der Waals surface area contributed by atoms with Gasteiger partial charge in [0.25, 0.3) is 0 Å². The summed E-state index contributed by atoms with van der Waals surface area (Å²) >= 11 is 0. The summed E-state index contributed by atoms with van der Waals surface area (Å²) in [5.41, 5.74) is 0.801. The van der Waals surface area contributed by atoms with Crippen LogP contribution in [0.15, 0.2) is 34.5 Å². The molecular weight excluding hydrogens is 186 g/mol. The second kappa shape index (κ2) is 7.89. The Labute approximate surface area is 91.0 Å². The Morgan fingerprint density at radius 1 is 1.33 bits per heavy atom. The van der Waals surface area contributed by atoms with E-state index in [0.29, 0.717) is 0 Å². The lowest BCUT2D eigenvalue weighted by molar-refractivity contribution is 0.676. The van der Waals surface area contributed by atoms with E-state index >= 15 is 0 Å². The molecule has 15 heavy (non-hydrogen) atoms. The van der Waals surface area contributed by atoms with Crippen molar-refractivity contribution in [2.24, 2.45) is 9.98 Å². The number of hydrogen-bond acceptors (Lipinski definition) is 3. The van der Waals surface area contributed by atoms with Crippen LogP contribution in [0.1, 0.15) is 32.6 Å². The van der Waals surface area contributed by atoms with Gasteiger partial charge in [-0.25, -0.2) is 4.99 Å². The molecule has 0 bridgehead atoms. The Balaban J connectivity index is 2.23. The zero-order valence-corrected chi connectivity index (χ0v) is 9.19. The third-order valence-electron chi connectivity index (χ3n) is 2.02. The molecule has 0 aliphatic heterocycles. The minimum atomic E-state index is 0.801. The highest BCUT2D eigenvalue weighted by Crippen LogP contribution is 2.05. The van der Waals surface area contributed by atoms with Crippen molar-refractivity contribution in [1.29, 1.82) is 0 Å². The van der Waals surface area contributed by atoms with Crippen molar-refractivity contribution in [3.63, 3.8) is 0 Å². The van der Waals surface area contributed by atoms with Crippen molar-refractivity contribution < 1.29 is 0 Å². The SMILES string of the molecule is CCCCCCN=C=Nc1cccnc1. The monoisotopic (exact) mass is 203 g/mol. The van der Waals surface area contributed by atoms with E-state index < -0.39 is 0 Å². The van der Waals surface area contributed by atoms with E-state index in [2.05, 4.69) is 27.9 Å². The summed E-state index contributed by atoms with van der Waals surface area (Å²) in [6, 6.07) is 6.42. The normalized spacial score (nSPS) is 9.40. The molecule has 1 heterocycles. The molecule has 0 N–H and O–H groups in total. The number of hydrogen-bond donors (Lipinski definition) is 0. The standard InChI is InChI=1S/C12H17N3/c1-2-3-4-5-8-14-11-15-12-7-6-9-13-10-12/h6-7,9-10H,2-5,8H2,1H3. The fourth-order valence-corrected chi connectivity index (χ4v) is 1.18. The average molecular weight is 203 g/mol. The van der Waals surface area contributed by atoms with Crippen LogP contribution < -0.4 is 0 Å². The first kappa shape index (κ1) is 11.6. The van der Waals surface area contributed by atoms with Gasteiger partial charge < -0.3 is 0 Å². The van der Waals surface area contributed by atoms with Gasteiger partial charge >= 0.3 is 0 Å². The smallest absolute Gasteiger partial charge is 0.0949 e. The van der Waals surface area contributed by atoms with Crippen molar-refractivity contribution in [2.75, 3.05) is 6.54 Å².